The zero-order valence-electron chi connectivity index (χ0n) is 9.74. The first-order valence-corrected chi connectivity index (χ1v) is 5.84. The molecule has 0 aromatic heterocycles. The van der Waals surface area contributed by atoms with E-state index in [0.717, 1.165) is 19.3 Å². The zero-order valence-corrected chi connectivity index (χ0v) is 9.74. The molecular formula is C13H16O4. The molecule has 2 aliphatic heterocycles. The van der Waals surface area contributed by atoms with Crippen molar-refractivity contribution in [2.75, 3.05) is 0 Å². The molecule has 0 amide bonds. The molecule has 0 aromatic rings. The molecule has 0 bridgehead atoms. The van der Waals surface area contributed by atoms with Crippen LogP contribution in [0.15, 0.2) is 24.3 Å². The van der Waals surface area contributed by atoms with Crippen LogP contribution in [0.25, 0.3) is 0 Å². The number of ether oxygens (including phenoxy) is 2. The van der Waals surface area contributed by atoms with E-state index in [1.54, 1.807) is 0 Å². The van der Waals surface area contributed by atoms with Crippen LogP contribution in [0.4, 0.5) is 0 Å². The molecule has 0 unspecified atom stereocenters. The number of hydrogen-bond acceptors (Lipinski definition) is 4. The lowest BCUT2D eigenvalue weighted by molar-refractivity contribution is -0.139. The Morgan fingerprint density at radius 2 is 1.35 bits per heavy atom. The Kier molecular flexibility index (Phi) is 3.31. The Hall–Kier alpha value is -1.58. The minimum atomic E-state index is -0.282. The molecule has 17 heavy (non-hydrogen) atoms. The van der Waals surface area contributed by atoms with E-state index < -0.39 is 0 Å². The molecule has 2 atom stereocenters. The van der Waals surface area contributed by atoms with Gasteiger partial charge >= 0.3 is 11.9 Å². The summed E-state index contributed by atoms with van der Waals surface area (Å²) < 4.78 is 10.2. The van der Waals surface area contributed by atoms with Crippen LogP contribution in [0.1, 0.15) is 32.1 Å². The van der Waals surface area contributed by atoms with Gasteiger partial charge in [0, 0.05) is 24.0 Å². The van der Waals surface area contributed by atoms with Crippen molar-refractivity contribution in [3.63, 3.8) is 0 Å². The topological polar surface area (TPSA) is 52.6 Å². The maximum atomic E-state index is 11.1. The van der Waals surface area contributed by atoms with E-state index in [2.05, 4.69) is 13.2 Å². The molecule has 2 saturated heterocycles. The second kappa shape index (κ2) is 4.73. The van der Waals surface area contributed by atoms with Gasteiger partial charge in [0.1, 0.15) is 12.2 Å². The highest BCUT2D eigenvalue weighted by Crippen LogP contribution is 2.26. The first-order valence-electron chi connectivity index (χ1n) is 5.84. The van der Waals surface area contributed by atoms with Gasteiger partial charge in [-0.25, -0.2) is 9.59 Å². The van der Waals surface area contributed by atoms with E-state index in [4.69, 9.17) is 9.47 Å². The summed E-state index contributed by atoms with van der Waals surface area (Å²) in [4.78, 5) is 22.2. The van der Waals surface area contributed by atoms with Crippen molar-refractivity contribution in [2.24, 2.45) is 0 Å². The Morgan fingerprint density at radius 1 is 0.941 bits per heavy atom. The third-order valence-corrected chi connectivity index (χ3v) is 3.13. The van der Waals surface area contributed by atoms with Crippen LogP contribution in [0.2, 0.25) is 0 Å². The van der Waals surface area contributed by atoms with Gasteiger partial charge in [0.2, 0.25) is 0 Å². The van der Waals surface area contributed by atoms with E-state index in [9.17, 15) is 9.59 Å². The second-order valence-electron chi connectivity index (χ2n) is 4.60. The summed E-state index contributed by atoms with van der Waals surface area (Å²) in [5, 5.41) is 0. The molecule has 0 N–H and O–H groups in total. The summed E-state index contributed by atoms with van der Waals surface area (Å²) in [6.45, 7) is 7.27. The minimum Gasteiger partial charge on any atom is -0.459 e. The summed E-state index contributed by atoms with van der Waals surface area (Å²) in [6.07, 6.45) is 3.62. The highest BCUT2D eigenvalue weighted by molar-refractivity contribution is 5.90. The van der Waals surface area contributed by atoms with Crippen molar-refractivity contribution >= 4 is 11.9 Å². The van der Waals surface area contributed by atoms with Crippen LogP contribution in [-0.2, 0) is 19.1 Å². The Morgan fingerprint density at radius 3 is 1.65 bits per heavy atom. The molecule has 92 valence electrons. The maximum absolute atomic E-state index is 11.1. The summed E-state index contributed by atoms with van der Waals surface area (Å²) in [5.74, 6) is -0.564. The van der Waals surface area contributed by atoms with Crippen molar-refractivity contribution in [2.45, 2.75) is 44.3 Å². The van der Waals surface area contributed by atoms with Gasteiger partial charge in [-0.2, -0.15) is 0 Å². The predicted molar refractivity (Wildman–Crippen MR) is 61.1 cm³/mol. The molecule has 4 nitrogen and oxygen atoms in total. The monoisotopic (exact) mass is 236 g/mol. The molecule has 0 aliphatic carbocycles. The van der Waals surface area contributed by atoms with Crippen LogP contribution in [0, 0.1) is 0 Å². The fraction of sp³-hybridized carbons (Fsp3) is 0.538. The smallest absolute Gasteiger partial charge is 0.333 e. The molecule has 0 saturated carbocycles. The van der Waals surface area contributed by atoms with Crippen LogP contribution in [0.3, 0.4) is 0 Å². The lowest BCUT2D eigenvalue weighted by atomic mass is 10.0. The number of cyclic esters (lactones) is 2. The molecule has 2 rings (SSSR count). The standard InChI is InChI=1S/C13H16O4/c1-8-6-10(16-12(8)14)4-3-5-11-7-9(2)13(15)17-11/h10-11H,1-7H2/t10-,11-/m1/s1. The zero-order chi connectivity index (χ0) is 12.4. The summed E-state index contributed by atoms with van der Waals surface area (Å²) in [5.41, 5.74) is 1.10. The Balaban J connectivity index is 1.67. The summed E-state index contributed by atoms with van der Waals surface area (Å²) in [6, 6.07) is 0. The molecule has 2 aliphatic rings. The van der Waals surface area contributed by atoms with Gasteiger partial charge in [0.15, 0.2) is 0 Å². The van der Waals surface area contributed by atoms with Gasteiger partial charge in [0.05, 0.1) is 0 Å². The van der Waals surface area contributed by atoms with E-state index in [-0.39, 0.29) is 24.1 Å². The molecule has 0 radical (unpaired) electrons. The third-order valence-electron chi connectivity index (χ3n) is 3.13. The number of carbonyl (C=O) groups is 2. The first-order chi connectivity index (χ1) is 8.06. The lowest BCUT2D eigenvalue weighted by Gasteiger charge is -2.11. The highest BCUT2D eigenvalue weighted by atomic mass is 16.6. The molecule has 2 heterocycles. The van der Waals surface area contributed by atoms with Crippen molar-refractivity contribution in [3.8, 4) is 0 Å². The molecule has 0 spiro atoms. The van der Waals surface area contributed by atoms with Crippen LogP contribution < -0.4 is 0 Å². The third kappa shape index (κ3) is 2.75. The summed E-state index contributed by atoms with van der Waals surface area (Å²) >= 11 is 0. The number of esters is 2. The van der Waals surface area contributed by atoms with Crippen molar-refractivity contribution in [3.05, 3.63) is 24.3 Å². The average molecular weight is 236 g/mol. The minimum absolute atomic E-state index is 0.0460. The van der Waals surface area contributed by atoms with Crippen LogP contribution in [-0.4, -0.2) is 24.1 Å². The quantitative estimate of drug-likeness (QED) is 0.552. The molecule has 4 heteroatoms. The van der Waals surface area contributed by atoms with Gasteiger partial charge < -0.3 is 9.47 Å². The SMILES string of the molecule is C=C1C[C@@H](CCC[C@@H]2CC(=C)C(=O)O2)OC1=O. The van der Waals surface area contributed by atoms with Crippen molar-refractivity contribution in [1.29, 1.82) is 0 Å². The average Bonchev–Trinajstić information content (AvgIpc) is 2.73. The van der Waals surface area contributed by atoms with Crippen molar-refractivity contribution in [1.82, 2.24) is 0 Å². The fourth-order valence-electron chi connectivity index (χ4n) is 2.16. The fourth-order valence-corrected chi connectivity index (χ4v) is 2.16. The molecular weight excluding hydrogens is 220 g/mol. The number of carbonyl (C=O) groups excluding carboxylic acids is 2. The van der Waals surface area contributed by atoms with E-state index in [1.165, 1.54) is 0 Å². The first kappa shape index (κ1) is 11.9. The van der Waals surface area contributed by atoms with Crippen LogP contribution >= 0.6 is 0 Å². The maximum Gasteiger partial charge on any atom is 0.333 e. The molecule has 0 aromatic carbocycles. The van der Waals surface area contributed by atoms with Gasteiger partial charge in [-0.05, 0) is 19.3 Å². The van der Waals surface area contributed by atoms with Gasteiger partial charge in [0.25, 0.3) is 0 Å². The lowest BCUT2D eigenvalue weighted by Crippen LogP contribution is -2.10. The molecule has 2 fully saturated rings. The highest BCUT2D eigenvalue weighted by Gasteiger charge is 2.29. The van der Waals surface area contributed by atoms with Gasteiger partial charge in [-0.1, -0.05) is 13.2 Å². The van der Waals surface area contributed by atoms with Crippen LogP contribution in [0.5, 0.6) is 0 Å². The summed E-state index contributed by atoms with van der Waals surface area (Å²) in [7, 11) is 0. The van der Waals surface area contributed by atoms with E-state index >= 15 is 0 Å². The predicted octanol–water partition coefficient (Wildman–Crippen LogP) is 1.90. The number of rotatable bonds is 4. The largest absolute Gasteiger partial charge is 0.459 e. The van der Waals surface area contributed by atoms with E-state index in [1.807, 2.05) is 0 Å². The van der Waals surface area contributed by atoms with Gasteiger partial charge in [-0.3, -0.25) is 0 Å². The van der Waals surface area contributed by atoms with E-state index in [0.29, 0.717) is 24.0 Å². The second-order valence-corrected chi connectivity index (χ2v) is 4.60. The Bertz CT molecular complexity index is 315. The Labute approximate surface area is 100 Å². The normalized spacial score (nSPS) is 28.5. The van der Waals surface area contributed by atoms with Gasteiger partial charge in [-0.15, -0.1) is 0 Å². The number of hydrogen-bond donors (Lipinski definition) is 0. The van der Waals surface area contributed by atoms with Crippen molar-refractivity contribution < 1.29 is 19.1 Å².